The molecule has 0 spiro atoms. The van der Waals surface area contributed by atoms with Crippen molar-refractivity contribution in [1.82, 2.24) is 29.0 Å². The molecule has 14 heteroatoms. The number of nitrogens with zero attached hydrogens (tertiary/aromatic N) is 6. The van der Waals surface area contributed by atoms with Gasteiger partial charge in [-0.3, -0.25) is 14.2 Å². The molecular formula is C28H35FN6O6S. The Balaban J connectivity index is 0.000000748. The van der Waals surface area contributed by atoms with E-state index in [0.29, 0.717) is 51.7 Å². The van der Waals surface area contributed by atoms with E-state index >= 15 is 0 Å². The van der Waals surface area contributed by atoms with Crippen molar-refractivity contribution in [2.24, 2.45) is 0 Å². The van der Waals surface area contributed by atoms with Gasteiger partial charge in [-0.25, -0.2) is 13.8 Å². The standard InChI is InChI=1S/C25H27FN6O4S.C3H8O2/c1-14(2)29-12-8-18(21(29)33)31-22(34)20-15(3)23(32-27-9-10-28-32)37-24(20)30(25(31)35)11-7-16-13-17(26)5-6-19(16)36-4;1-5-3-2-4/h5-6,9-10,13-14,18H,7-8,11-12H2,1-4H3;4H,2-3H2,1H3. The lowest BCUT2D eigenvalue weighted by molar-refractivity contribution is -0.131. The Morgan fingerprint density at radius 2 is 1.88 bits per heavy atom. The molecule has 0 saturated carbocycles. The number of aliphatic hydroxyl groups is 1. The molecule has 1 N–H and O–H groups in total. The minimum absolute atomic E-state index is 0.0417. The quantitative estimate of drug-likeness (QED) is 0.309. The fraction of sp³-hybridized carbons (Fsp3) is 0.464. The summed E-state index contributed by atoms with van der Waals surface area (Å²) in [5.41, 5.74) is 0.136. The van der Waals surface area contributed by atoms with E-state index in [2.05, 4.69) is 14.9 Å². The molecule has 4 aromatic rings. The SMILES string of the molecule is COCCO.COc1ccc(F)cc1CCn1c(=O)n(C2CCN(C(C)C)C2=O)c(=O)c2c(C)c(-n3nccn3)sc21. The molecular weight excluding hydrogens is 567 g/mol. The summed E-state index contributed by atoms with van der Waals surface area (Å²) >= 11 is 1.23. The highest BCUT2D eigenvalue weighted by Crippen LogP contribution is 2.32. The molecule has 1 aromatic carbocycles. The summed E-state index contributed by atoms with van der Waals surface area (Å²) in [4.78, 5) is 44.4. The molecule has 226 valence electrons. The molecule has 1 atom stereocenters. The van der Waals surface area contributed by atoms with E-state index in [1.165, 1.54) is 52.3 Å². The molecule has 1 fully saturated rings. The van der Waals surface area contributed by atoms with Gasteiger partial charge >= 0.3 is 5.69 Å². The van der Waals surface area contributed by atoms with Crippen LogP contribution >= 0.6 is 11.3 Å². The predicted octanol–water partition coefficient (Wildman–Crippen LogP) is 2.31. The zero-order chi connectivity index (χ0) is 30.6. The van der Waals surface area contributed by atoms with E-state index < -0.39 is 23.1 Å². The number of benzene rings is 1. The third-order valence-corrected chi connectivity index (χ3v) is 8.39. The first-order chi connectivity index (χ1) is 20.1. The van der Waals surface area contributed by atoms with Crippen LogP contribution in [0.2, 0.25) is 0 Å². The van der Waals surface area contributed by atoms with Gasteiger partial charge in [0.2, 0.25) is 5.91 Å². The number of halogens is 1. The van der Waals surface area contributed by atoms with Gasteiger partial charge in [0.25, 0.3) is 5.56 Å². The van der Waals surface area contributed by atoms with Crippen molar-refractivity contribution >= 4 is 27.5 Å². The number of carbonyl (C=O) groups excluding carboxylic acids is 1. The van der Waals surface area contributed by atoms with E-state index in [9.17, 15) is 18.8 Å². The number of methoxy groups -OCH3 is 2. The highest BCUT2D eigenvalue weighted by atomic mass is 32.1. The fourth-order valence-electron chi connectivity index (χ4n) is 5.04. The number of rotatable bonds is 9. The highest BCUT2D eigenvalue weighted by Gasteiger charge is 2.37. The molecule has 3 aromatic heterocycles. The summed E-state index contributed by atoms with van der Waals surface area (Å²) in [5.74, 6) is -0.155. The third kappa shape index (κ3) is 6.01. The van der Waals surface area contributed by atoms with Crippen LogP contribution in [0.25, 0.3) is 15.2 Å². The Morgan fingerprint density at radius 3 is 2.45 bits per heavy atom. The normalized spacial score (nSPS) is 15.0. The summed E-state index contributed by atoms with van der Waals surface area (Å²) in [6.07, 6.45) is 3.70. The summed E-state index contributed by atoms with van der Waals surface area (Å²) in [7, 11) is 3.05. The number of likely N-dealkylation sites (tertiary alicyclic amines) is 1. The Morgan fingerprint density at radius 1 is 1.17 bits per heavy atom. The first-order valence-corrected chi connectivity index (χ1v) is 14.3. The number of aliphatic hydroxyl groups excluding tert-OH is 1. The van der Waals surface area contributed by atoms with Gasteiger partial charge < -0.3 is 19.5 Å². The van der Waals surface area contributed by atoms with Crippen molar-refractivity contribution < 1.29 is 23.8 Å². The number of hydrogen-bond acceptors (Lipinski definition) is 9. The van der Waals surface area contributed by atoms with Crippen LogP contribution in [-0.2, 0) is 22.5 Å². The van der Waals surface area contributed by atoms with Crippen molar-refractivity contribution in [2.45, 2.75) is 52.2 Å². The van der Waals surface area contributed by atoms with Gasteiger partial charge in [-0.2, -0.15) is 10.2 Å². The Kier molecular flexibility index (Phi) is 9.91. The van der Waals surface area contributed by atoms with Crippen LogP contribution in [0.1, 0.15) is 37.4 Å². The maximum Gasteiger partial charge on any atom is 0.332 e. The van der Waals surface area contributed by atoms with Crippen LogP contribution in [0.3, 0.4) is 0 Å². The molecule has 5 rings (SSSR count). The van der Waals surface area contributed by atoms with E-state index in [1.807, 2.05) is 13.8 Å². The number of amides is 1. The number of fused-ring (bicyclic) bond motifs is 1. The molecule has 42 heavy (non-hydrogen) atoms. The van der Waals surface area contributed by atoms with Crippen LogP contribution in [0, 0.1) is 12.7 Å². The van der Waals surface area contributed by atoms with Crippen molar-refractivity contribution in [3.8, 4) is 10.8 Å². The fourth-order valence-corrected chi connectivity index (χ4v) is 6.28. The van der Waals surface area contributed by atoms with Gasteiger partial charge in [0.15, 0.2) is 0 Å². The van der Waals surface area contributed by atoms with Crippen molar-refractivity contribution in [3.63, 3.8) is 0 Å². The van der Waals surface area contributed by atoms with Crippen LogP contribution in [-0.4, -0.2) is 80.1 Å². The molecule has 1 aliphatic heterocycles. The Bertz CT molecular complexity index is 1660. The van der Waals surface area contributed by atoms with Crippen molar-refractivity contribution in [2.75, 3.05) is 34.0 Å². The number of ether oxygens (including phenoxy) is 2. The second kappa shape index (κ2) is 13.4. The molecule has 4 heterocycles. The Hall–Kier alpha value is -3.88. The smallest absolute Gasteiger partial charge is 0.332 e. The van der Waals surface area contributed by atoms with Gasteiger partial charge in [0.1, 0.15) is 27.4 Å². The number of aromatic nitrogens is 5. The zero-order valence-electron chi connectivity index (χ0n) is 24.2. The number of hydrogen-bond donors (Lipinski definition) is 1. The minimum Gasteiger partial charge on any atom is -0.496 e. The predicted molar refractivity (Wildman–Crippen MR) is 156 cm³/mol. The second-order valence-electron chi connectivity index (χ2n) is 9.99. The lowest BCUT2D eigenvalue weighted by Crippen LogP contribution is -2.45. The van der Waals surface area contributed by atoms with E-state index in [4.69, 9.17) is 9.84 Å². The number of carbonyl (C=O) groups is 1. The molecule has 1 saturated heterocycles. The maximum atomic E-state index is 14.0. The lowest BCUT2D eigenvalue weighted by Gasteiger charge is -2.21. The lowest BCUT2D eigenvalue weighted by atomic mass is 10.1. The summed E-state index contributed by atoms with van der Waals surface area (Å²) < 4.78 is 26.4. The third-order valence-electron chi connectivity index (χ3n) is 7.11. The molecule has 1 aliphatic rings. The van der Waals surface area contributed by atoms with Gasteiger partial charge in [0.05, 0.1) is 38.1 Å². The molecule has 1 unspecified atom stereocenters. The molecule has 1 amide bonds. The van der Waals surface area contributed by atoms with Crippen LogP contribution in [0.15, 0.2) is 40.2 Å². The second-order valence-corrected chi connectivity index (χ2v) is 11.0. The average molecular weight is 603 g/mol. The summed E-state index contributed by atoms with van der Waals surface area (Å²) in [6.45, 7) is 6.78. The largest absolute Gasteiger partial charge is 0.496 e. The topological polar surface area (TPSA) is 134 Å². The van der Waals surface area contributed by atoms with E-state index in [-0.39, 0.29) is 31.5 Å². The maximum absolute atomic E-state index is 14.0. The van der Waals surface area contributed by atoms with Crippen LogP contribution in [0.4, 0.5) is 4.39 Å². The molecule has 0 aliphatic carbocycles. The first-order valence-electron chi connectivity index (χ1n) is 13.5. The van der Waals surface area contributed by atoms with E-state index in [0.717, 1.165) is 4.57 Å². The number of aryl methyl sites for hydroxylation is 3. The van der Waals surface area contributed by atoms with Gasteiger partial charge in [-0.1, -0.05) is 11.3 Å². The van der Waals surface area contributed by atoms with Gasteiger partial charge in [-0.15, -0.1) is 4.80 Å². The van der Waals surface area contributed by atoms with Crippen LogP contribution in [0.5, 0.6) is 5.75 Å². The zero-order valence-corrected chi connectivity index (χ0v) is 25.1. The molecule has 0 bridgehead atoms. The first kappa shape index (κ1) is 31.1. The van der Waals surface area contributed by atoms with Crippen molar-refractivity contribution in [1.29, 1.82) is 0 Å². The summed E-state index contributed by atoms with van der Waals surface area (Å²) in [6, 6.07) is 3.30. The van der Waals surface area contributed by atoms with Crippen LogP contribution < -0.4 is 16.0 Å². The summed E-state index contributed by atoms with van der Waals surface area (Å²) in [5, 5.41) is 17.3. The van der Waals surface area contributed by atoms with Crippen molar-refractivity contribution in [3.05, 3.63) is 68.4 Å². The minimum atomic E-state index is -0.882. The number of thiophene rings is 1. The highest BCUT2D eigenvalue weighted by molar-refractivity contribution is 7.21. The Labute approximate surface area is 245 Å². The van der Waals surface area contributed by atoms with Gasteiger partial charge in [0, 0.05) is 31.8 Å². The average Bonchev–Trinajstić information content (AvgIpc) is 3.69. The van der Waals surface area contributed by atoms with E-state index in [1.54, 1.807) is 25.0 Å². The molecule has 12 nitrogen and oxygen atoms in total. The van der Waals surface area contributed by atoms with Gasteiger partial charge in [-0.05, 0) is 57.4 Å². The monoisotopic (exact) mass is 602 g/mol. The molecule has 0 radical (unpaired) electrons.